The van der Waals surface area contributed by atoms with Gasteiger partial charge in [0.15, 0.2) is 6.61 Å². The van der Waals surface area contributed by atoms with Crippen molar-refractivity contribution in [1.29, 1.82) is 0 Å². The van der Waals surface area contributed by atoms with Gasteiger partial charge in [0.2, 0.25) is 0 Å². The van der Waals surface area contributed by atoms with Gasteiger partial charge in [-0.25, -0.2) is 8.78 Å². The third-order valence-electron chi connectivity index (χ3n) is 0.809. The monoisotopic (exact) mass is 107 g/mol. The second-order valence-corrected chi connectivity index (χ2v) is 1.50. The molecule has 0 bridgehead atoms. The molecule has 1 aliphatic rings. The van der Waals surface area contributed by atoms with Gasteiger partial charge in [0.05, 0.1) is 6.61 Å². The lowest BCUT2D eigenvalue weighted by molar-refractivity contribution is 0.0312. The van der Waals surface area contributed by atoms with Gasteiger partial charge in [0.25, 0.3) is 5.92 Å². The molecule has 0 aromatic heterocycles. The lowest BCUT2D eigenvalue weighted by Crippen LogP contribution is -2.08. The van der Waals surface area contributed by atoms with Gasteiger partial charge in [-0.05, 0) is 0 Å². The third-order valence-corrected chi connectivity index (χ3v) is 0.809. The van der Waals surface area contributed by atoms with Crippen molar-refractivity contribution in [3.05, 3.63) is 6.61 Å². The van der Waals surface area contributed by atoms with Crippen LogP contribution in [0.25, 0.3) is 0 Å². The number of alkyl halides is 2. The molecule has 3 heteroatoms. The standard InChI is InChI=1S/C4H5F2O/c5-4(6)1-2-7-3-4/h3H,1-2H2. The normalized spacial score (nSPS) is 28.3. The van der Waals surface area contributed by atoms with E-state index in [4.69, 9.17) is 0 Å². The molecule has 1 nitrogen and oxygen atoms in total. The Morgan fingerprint density at radius 2 is 2.29 bits per heavy atom. The van der Waals surface area contributed by atoms with E-state index in [9.17, 15) is 8.78 Å². The first-order valence-electron chi connectivity index (χ1n) is 2.04. The van der Waals surface area contributed by atoms with Crippen molar-refractivity contribution in [2.75, 3.05) is 6.61 Å². The predicted molar refractivity (Wildman–Crippen MR) is 19.8 cm³/mol. The first-order chi connectivity index (χ1) is 3.21. The summed E-state index contributed by atoms with van der Waals surface area (Å²) in [4.78, 5) is 0. The number of hydrogen-bond acceptors (Lipinski definition) is 1. The molecule has 1 saturated heterocycles. The van der Waals surface area contributed by atoms with E-state index >= 15 is 0 Å². The van der Waals surface area contributed by atoms with Gasteiger partial charge in [-0.1, -0.05) is 0 Å². The molecule has 7 heavy (non-hydrogen) atoms. The van der Waals surface area contributed by atoms with Crippen LogP contribution in [-0.2, 0) is 4.74 Å². The Kier molecular flexibility index (Phi) is 0.995. The summed E-state index contributed by atoms with van der Waals surface area (Å²) >= 11 is 0. The first kappa shape index (κ1) is 4.97. The van der Waals surface area contributed by atoms with Gasteiger partial charge in [-0.2, -0.15) is 0 Å². The van der Waals surface area contributed by atoms with E-state index < -0.39 is 5.92 Å². The Morgan fingerprint density at radius 1 is 1.57 bits per heavy atom. The van der Waals surface area contributed by atoms with Crippen LogP contribution in [0.1, 0.15) is 6.42 Å². The molecule has 1 heterocycles. The quantitative estimate of drug-likeness (QED) is 0.452. The van der Waals surface area contributed by atoms with Crippen LogP contribution >= 0.6 is 0 Å². The van der Waals surface area contributed by atoms with Gasteiger partial charge in [0.1, 0.15) is 0 Å². The molecule has 1 rings (SSSR count). The van der Waals surface area contributed by atoms with Gasteiger partial charge in [-0.15, -0.1) is 0 Å². The average molecular weight is 107 g/mol. The van der Waals surface area contributed by atoms with Gasteiger partial charge in [0, 0.05) is 6.42 Å². The maximum atomic E-state index is 11.8. The molecular weight excluding hydrogens is 102 g/mol. The molecule has 1 aliphatic heterocycles. The molecule has 0 atom stereocenters. The highest BCUT2D eigenvalue weighted by Gasteiger charge is 2.34. The molecule has 0 spiro atoms. The fourth-order valence-corrected chi connectivity index (χ4v) is 0.435. The number of hydrogen-bond donors (Lipinski definition) is 0. The SMILES string of the molecule is FC1(F)[CH]OCC1. The van der Waals surface area contributed by atoms with E-state index in [1.807, 2.05) is 0 Å². The summed E-state index contributed by atoms with van der Waals surface area (Å²) in [5.74, 6) is -2.65. The highest BCUT2D eigenvalue weighted by atomic mass is 19.3. The Hall–Kier alpha value is -0.180. The molecule has 0 aromatic carbocycles. The largest absolute Gasteiger partial charge is 0.369 e. The number of rotatable bonds is 0. The molecule has 0 aromatic rings. The minimum Gasteiger partial charge on any atom is -0.369 e. The van der Waals surface area contributed by atoms with Gasteiger partial charge < -0.3 is 4.74 Å². The molecule has 41 valence electrons. The molecule has 0 N–H and O–H groups in total. The topological polar surface area (TPSA) is 9.23 Å². The Labute approximate surface area is 40.3 Å². The van der Waals surface area contributed by atoms with E-state index in [1.165, 1.54) is 0 Å². The zero-order valence-electron chi connectivity index (χ0n) is 3.66. The van der Waals surface area contributed by atoms with E-state index in [-0.39, 0.29) is 13.0 Å². The summed E-state index contributed by atoms with van der Waals surface area (Å²) in [6, 6.07) is 0. The third kappa shape index (κ3) is 1.09. The maximum absolute atomic E-state index is 11.8. The van der Waals surface area contributed by atoms with E-state index in [0.29, 0.717) is 6.61 Å². The summed E-state index contributed by atoms with van der Waals surface area (Å²) in [7, 11) is 0. The van der Waals surface area contributed by atoms with Crippen molar-refractivity contribution >= 4 is 0 Å². The first-order valence-corrected chi connectivity index (χ1v) is 2.04. The molecule has 1 radical (unpaired) electrons. The average Bonchev–Trinajstić information content (AvgIpc) is 1.84. The number of halogens is 2. The smallest absolute Gasteiger partial charge is 0.278 e. The summed E-state index contributed by atoms with van der Waals surface area (Å²) in [5, 5.41) is 0. The summed E-state index contributed by atoms with van der Waals surface area (Å²) in [6.45, 7) is 0.750. The Bertz CT molecular complexity index is 64.1. The maximum Gasteiger partial charge on any atom is 0.278 e. The summed E-state index contributed by atoms with van der Waals surface area (Å²) < 4.78 is 27.8. The molecule has 0 amide bonds. The zero-order valence-corrected chi connectivity index (χ0v) is 3.66. The van der Waals surface area contributed by atoms with E-state index in [1.54, 1.807) is 0 Å². The zero-order chi connectivity index (χ0) is 5.33. The van der Waals surface area contributed by atoms with Crippen LogP contribution in [0, 0.1) is 6.61 Å². The highest BCUT2D eigenvalue weighted by molar-refractivity contribution is 4.81. The molecule has 1 fully saturated rings. The summed E-state index contributed by atoms with van der Waals surface area (Å²) in [6.07, 6.45) is -0.160. The highest BCUT2D eigenvalue weighted by Crippen LogP contribution is 2.27. The summed E-state index contributed by atoms with van der Waals surface area (Å²) in [5.41, 5.74) is 0. The second-order valence-electron chi connectivity index (χ2n) is 1.50. The van der Waals surface area contributed by atoms with Crippen molar-refractivity contribution < 1.29 is 13.5 Å². The van der Waals surface area contributed by atoms with Gasteiger partial charge in [-0.3, -0.25) is 0 Å². The van der Waals surface area contributed by atoms with E-state index in [0.717, 1.165) is 0 Å². The fourth-order valence-electron chi connectivity index (χ4n) is 0.435. The van der Waals surface area contributed by atoms with Crippen LogP contribution in [0.4, 0.5) is 8.78 Å². The second kappa shape index (κ2) is 1.40. The predicted octanol–water partition coefficient (Wildman–Crippen LogP) is 1.20. The van der Waals surface area contributed by atoms with E-state index in [2.05, 4.69) is 4.74 Å². The van der Waals surface area contributed by atoms with Crippen molar-refractivity contribution in [3.8, 4) is 0 Å². The van der Waals surface area contributed by atoms with Crippen LogP contribution in [-0.4, -0.2) is 12.5 Å². The van der Waals surface area contributed by atoms with Crippen LogP contribution < -0.4 is 0 Å². The number of ether oxygens (including phenoxy) is 1. The van der Waals surface area contributed by atoms with Crippen LogP contribution in [0.3, 0.4) is 0 Å². The fraction of sp³-hybridized carbons (Fsp3) is 0.750. The Balaban J connectivity index is 2.40. The molecule has 0 saturated carbocycles. The lowest BCUT2D eigenvalue weighted by Gasteiger charge is -1.99. The van der Waals surface area contributed by atoms with Crippen LogP contribution in [0.2, 0.25) is 0 Å². The van der Waals surface area contributed by atoms with Crippen LogP contribution in [0.5, 0.6) is 0 Å². The van der Waals surface area contributed by atoms with Crippen molar-refractivity contribution in [1.82, 2.24) is 0 Å². The lowest BCUT2D eigenvalue weighted by atomic mass is 10.3. The molecule has 0 aliphatic carbocycles. The minimum atomic E-state index is -2.65. The van der Waals surface area contributed by atoms with Crippen molar-refractivity contribution in [2.24, 2.45) is 0 Å². The Morgan fingerprint density at radius 3 is 2.43 bits per heavy atom. The van der Waals surface area contributed by atoms with Crippen molar-refractivity contribution in [3.63, 3.8) is 0 Å². The molecule has 0 unspecified atom stereocenters. The van der Waals surface area contributed by atoms with Crippen molar-refractivity contribution in [2.45, 2.75) is 12.3 Å². The minimum absolute atomic E-state index is 0.160. The molecular formula is C4H5F2O. The van der Waals surface area contributed by atoms with Crippen LogP contribution in [0.15, 0.2) is 0 Å². The van der Waals surface area contributed by atoms with Gasteiger partial charge >= 0.3 is 0 Å².